The first-order valence-corrected chi connectivity index (χ1v) is 5.32. The molecule has 0 aromatic heterocycles. The molecule has 12 heavy (non-hydrogen) atoms. The molecule has 0 amide bonds. The second-order valence-corrected chi connectivity index (χ2v) is 3.05. The summed E-state index contributed by atoms with van der Waals surface area (Å²) in [6, 6.07) is 0. The Bertz CT molecular complexity index is 37.0. The second kappa shape index (κ2) is 17.2. The predicted molar refractivity (Wildman–Crippen MR) is 56.6 cm³/mol. The van der Waals surface area contributed by atoms with E-state index in [-0.39, 0.29) is 0 Å². The Hall–Kier alpha value is -0.0400. The third kappa shape index (κ3) is 22.5. The molecular formula is C11H26O. The van der Waals surface area contributed by atoms with Crippen LogP contribution < -0.4 is 0 Å². The number of unbranched alkanes of at least 4 members (excludes halogenated alkanes) is 4. The van der Waals surface area contributed by atoms with Crippen LogP contribution in [0.15, 0.2) is 0 Å². The van der Waals surface area contributed by atoms with Crippen LogP contribution in [0.5, 0.6) is 0 Å². The maximum atomic E-state index is 4.78. The van der Waals surface area contributed by atoms with E-state index in [4.69, 9.17) is 4.74 Å². The third-order valence-corrected chi connectivity index (χ3v) is 1.66. The molecule has 0 aliphatic rings. The van der Waals surface area contributed by atoms with Crippen LogP contribution in [-0.4, -0.2) is 13.7 Å². The Kier molecular flexibility index (Phi) is 20.7. The zero-order valence-electron chi connectivity index (χ0n) is 9.36. The van der Waals surface area contributed by atoms with Gasteiger partial charge in [-0.15, -0.1) is 0 Å². The van der Waals surface area contributed by atoms with E-state index in [9.17, 15) is 0 Å². The van der Waals surface area contributed by atoms with Crippen molar-refractivity contribution in [3.63, 3.8) is 0 Å². The van der Waals surface area contributed by atoms with Gasteiger partial charge in [-0.25, -0.2) is 0 Å². The molecule has 1 nitrogen and oxygen atoms in total. The van der Waals surface area contributed by atoms with Gasteiger partial charge in [-0.2, -0.15) is 0 Å². The van der Waals surface area contributed by atoms with Crippen molar-refractivity contribution in [1.82, 2.24) is 0 Å². The van der Waals surface area contributed by atoms with Crippen LogP contribution in [0.25, 0.3) is 0 Å². The van der Waals surface area contributed by atoms with Crippen LogP contribution in [0.2, 0.25) is 0 Å². The number of rotatable bonds is 6. The van der Waals surface area contributed by atoms with Gasteiger partial charge in [0.05, 0.1) is 0 Å². The SMILES string of the molecule is CCCCCC.CCCCOC. The summed E-state index contributed by atoms with van der Waals surface area (Å²) in [7, 11) is 1.73. The van der Waals surface area contributed by atoms with Gasteiger partial charge in [0.2, 0.25) is 0 Å². The Morgan fingerprint density at radius 2 is 1.17 bits per heavy atom. The molecule has 0 radical (unpaired) electrons. The van der Waals surface area contributed by atoms with Crippen molar-refractivity contribution >= 4 is 0 Å². The van der Waals surface area contributed by atoms with E-state index in [1.54, 1.807) is 7.11 Å². The topological polar surface area (TPSA) is 9.23 Å². The van der Waals surface area contributed by atoms with Crippen LogP contribution in [0, 0.1) is 0 Å². The molecule has 0 heterocycles. The van der Waals surface area contributed by atoms with Gasteiger partial charge in [0.1, 0.15) is 0 Å². The molecule has 0 fully saturated rings. The maximum absolute atomic E-state index is 4.78. The lowest BCUT2D eigenvalue weighted by Crippen LogP contribution is -1.84. The minimum absolute atomic E-state index is 0.913. The van der Waals surface area contributed by atoms with Crippen molar-refractivity contribution in [2.24, 2.45) is 0 Å². The minimum atomic E-state index is 0.913. The van der Waals surface area contributed by atoms with Gasteiger partial charge in [0.25, 0.3) is 0 Å². The molecule has 1 heteroatoms. The Morgan fingerprint density at radius 3 is 1.33 bits per heavy atom. The molecule has 76 valence electrons. The summed E-state index contributed by atoms with van der Waals surface area (Å²) in [6.07, 6.45) is 7.96. The molecule has 0 aliphatic heterocycles. The summed E-state index contributed by atoms with van der Waals surface area (Å²) in [5.41, 5.74) is 0. The average Bonchev–Trinajstić information content (AvgIpc) is 2.12. The van der Waals surface area contributed by atoms with Crippen molar-refractivity contribution in [1.29, 1.82) is 0 Å². The highest BCUT2D eigenvalue weighted by Gasteiger charge is 1.75. The summed E-state index contributed by atoms with van der Waals surface area (Å²) in [6.45, 7) is 7.53. The second-order valence-electron chi connectivity index (χ2n) is 3.05. The molecule has 0 saturated heterocycles. The fraction of sp³-hybridized carbons (Fsp3) is 1.00. The number of methoxy groups -OCH3 is 1. The van der Waals surface area contributed by atoms with Crippen LogP contribution >= 0.6 is 0 Å². The Labute approximate surface area is 78.5 Å². The number of hydrogen-bond donors (Lipinski definition) is 0. The Balaban J connectivity index is 0. The normalized spacial score (nSPS) is 9.00. The molecule has 0 N–H and O–H groups in total. The zero-order valence-corrected chi connectivity index (χ0v) is 9.36. The van der Waals surface area contributed by atoms with Crippen LogP contribution in [0.4, 0.5) is 0 Å². The van der Waals surface area contributed by atoms with Crippen molar-refractivity contribution in [2.45, 2.75) is 59.3 Å². The molecule has 0 aromatic rings. The summed E-state index contributed by atoms with van der Waals surface area (Å²) in [5.74, 6) is 0. The third-order valence-electron chi connectivity index (χ3n) is 1.66. The summed E-state index contributed by atoms with van der Waals surface area (Å²) >= 11 is 0. The van der Waals surface area contributed by atoms with Gasteiger partial charge >= 0.3 is 0 Å². The number of hydrogen-bond acceptors (Lipinski definition) is 1. The average molecular weight is 174 g/mol. The molecule has 0 atom stereocenters. The van der Waals surface area contributed by atoms with E-state index < -0.39 is 0 Å². The van der Waals surface area contributed by atoms with Gasteiger partial charge in [0.15, 0.2) is 0 Å². The molecular weight excluding hydrogens is 148 g/mol. The molecule has 0 bridgehead atoms. The van der Waals surface area contributed by atoms with Gasteiger partial charge < -0.3 is 4.74 Å². The smallest absolute Gasteiger partial charge is 0.0462 e. The number of ether oxygens (including phenoxy) is 1. The van der Waals surface area contributed by atoms with Crippen molar-refractivity contribution in [3.8, 4) is 0 Å². The lowest BCUT2D eigenvalue weighted by molar-refractivity contribution is 0.194. The van der Waals surface area contributed by atoms with Crippen LogP contribution in [0.1, 0.15) is 59.3 Å². The van der Waals surface area contributed by atoms with E-state index in [0.29, 0.717) is 0 Å². The van der Waals surface area contributed by atoms with Gasteiger partial charge in [-0.1, -0.05) is 52.9 Å². The quantitative estimate of drug-likeness (QED) is 0.553. The summed E-state index contributed by atoms with van der Waals surface area (Å²) in [4.78, 5) is 0. The first kappa shape index (κ1) is 14.5. The minimum Gasteiger partial charge on any atom is -0.385 e. The molecule has 0 unspecified atom stereocenters. The van der Waals surface area contributed by atoms with Crippen LogP contribution in [-0.2, 0) is 4.74 Å². The first-order valence-electron chi connectivity index (χ1n) is 5.32. The van der Waals surface area contributed by atoms with E-state index in [1.807, 2.05) is 0 Å². The first-order chi connectivity index (χ1) is 5.83. The Morgan fingerprint density at radius 1 is 0.750 bits per heavy atom. The van der Waals surface area contributed by atoms with E-state index >= 15 is 0 Å². The standard InChI is InChI=1S/C6H14.C5H12O/c1-3-5-6-4-2;1-3-4-5-6-2/h3-6H2,1-2H3;3-5H2,1-2H3. The van der Waals surface area contributed by atoms with Gasteiger partial charge in [-0.05, 0) is 6.42 Å². The maximum Gasteiger partial charge on any atom is 0.0462 e. The summed E-state index contributed by atoms with van der Waals surface area (Å²) in [5, 5.41) is 0. The van der Waals surface area contributed by atoms with E-state index in [2.05, 4.69) is 20.8 Å². The van der Waals surface area contributed by atoms with Crippen molar-refractivity contribution in [2.75, 3.05) is 13.7 Å². The van der Waals surface area contributed by atoms with Crippen molar-refractivity contribution < 1.29 is 4.74 Å². The highest BCUT2D eigenvalue weighted by Crippen LogP contribution is 1.95. The fourth-order valence-corrected chi connectivity index (χ4v) is 0.789. The van der Waals surface area contributed by atoms with Gasteiger partial charge in [0, 0.05) is 13.7 Å². The zero-order chi connectivity index (χ0) is 9.66. The van der Waals surface area contributed by atoms with Crippen LogP contribution in [0.3, 0.4) is 0 Å². The molecule has 0 aromatic carbocycles. The van der Waals surface area contributed by atoms with Crippen molar-refractivity contribution in [3.05, 3.63) is 0 Å². The fourth-order valence-electron chi connectivity index (χ4n) is 0.789. The van der Waals surface area contributed by atoms with Gasteiger partial charge in [-0.3, -0.25) is 0 Å². The molecule has 0 saturated carbocycles. The highest BCUT2D eigenvalue weighted by molar-refractivity contribution is 4.31. The molecule has 0 aliphatic carbocycles. The monoisotopic (exact) mass is 174 g/mol. The lowest BCUT2D eigenvalue weighted by Gasteiger charge is -1.89. The predicted octanol–water partition coefficient (Wildman–Crippen LogP) is 4.02. The van der Waals surface area contributed by atoms with E-state index in [1.165, 1.54) is 38.5 Å². The summed E-state index contributed by atoms with van der Waals surface area (Å²) < 4.78 is 4.78. The largest absolute Gasteiger partial charge is 0.385 e. The van der Waals surface area contributed by atoms with E-state index in [0.717, 1.165) is 6.61 Å². The molecule has 0 rings (SSSR count). The molecule has 0 spiro atoms. The lowest BCUT2D eigenvalue weighted by atomic mass is 10.2. The highest BCUT2D eigenvalue weighted by atomic mass is 16.5.